The van der Waals surface area contributed by atoms with Crippen molar-refractivity contribution in [3.63, 3.8) is 0 Å². The lowest BCUT2D eigenvalue weighted by Gasteiger charge is -2.07. The van der Waals surface area contributed by atoms with Gasteiger partial charge in [0.25, 0.3) is 0 Å². The van der Waals surface area contributed by atoms with E-state index in [-0.39, 0.29) is 5.97 Å². The van der Waals surface area contributed by atoms with Gasteiger partial charge in [-0.1, -0.05) is 69.4 Å². The standard InChI is InChI=1S/C30H43NO3/c1-3-5-6-7-8-9-10-13-16-30(32)34-28-21-22-29(31-25-28)27-19-17-26(18-20-27)15-12-11-14-24-33-23-4-2/h3,17-22,25H,1,4-16,23-24H2,2H3. The van der Waals surface area contributed by atoms with Crippen molar-refractivity contribution in [1.82, 2.24) is 4.98 Å². The Morgan fingerprint density at radius 2 is 1.62 bits per heavy atom. The van der Waals surface area contributed by atoms with Gasteiger partial charge in [0.2, 0.25) is 0 Å². The van der Waals surface area contributed by atoms with Crippen molar-refractivity contribution in [2.75, 3.05) is 13.2 Å². The zero-order valence-electron chi connectivity index (χ0n) is 21.1. The van der Waals surface area contributed by atoms with Gasteiger partial charge in [-0.25, -0.2) is 0 Å². The number of esters is 1. The minimum atomic E-state index is -0.178. The zero-order valence-corrected chi connectivity index (χ0v) is 21.1. The first-order chi connectivity index (χ1) is 16.7. The summed E-state index contributed by atoms with van der Waals surface area (Å²) in [4.78, 5) is 16.6. The number of benzene rings is 1. The number of nitrogens with zero attached hydrogens (tertiary/aromatic N) is 1. The van der Waals surface area contributed by atoms with E-state index in [0.717, 1.165) is 63.0 Å². The third-order valence-corrected chi connectivity index (χ3v) is 5.86. The van der Waals surface area contributed by atoms with Crippen molar-refractivity contribution >= 4 is 5.97 Å². The van der Waals surface area contributed by atoms with E-state index in [1.54, 1.807) is 6.20 Å². The van der Waals surface area contributed by atoms with Crippen LogP contribution >= 0.6 is 0 Å². The fourth-order valence-electron chi connectivity index (χ4n) is 3.86. The maximum atomic E-state index is 12.1. The van der Waals surface area contributed by atoms with Crippen LogP contribution in [0.5, 0.6) is 5.75 Å². The second-order valence-corrected chi connectivity index (χ2v) is 8.92. The monoisotopic (exact) mass is 465 g/mol. The van der Waals surface area contributed by atoms with Gasteiger partial charge < -0.3 is 9.47 Å². The van der Waals surface area contributed by atoms with Crippen LogP contribution < -0.4 is 4.74 Å². The second kappa shape index (κ2) is 17.9. The summed E-state index contributed by atoms with van der Waals surface area (Å²) in [5, 5.41) is 0. The highest BCUT2D eigenvalue weighted by atomic mass is 16.5. The molecule has 0 saturated heterocycles. The molecule has 0 unspecified atom stereocenters. The van der Waals surface area contributed by atoms with E-state index in [2.05, 4.69) is 42.8 Å². The van der Waals surface area contributed by atoms with Crippen molar-refractivity contribution in [3.8, 4) is 17.0 Å². The molecule has 0 amide bonds. The SMILES string of the molecule is C=CCCCCCCCCC(=O)Oc1ccc(-c2ccc(CCCCCOCCC)cc2)nc1. The van der Waals surface area contributed by atoms with Gasteiger partial charge in [0, 0.05) is 25.2 Å². The van der Waals surface area contributed by atoms with Crippen molar-refractivity contribution in [2.45, 2.75) is 90.4 Å². The highest BCUT2D eigenvalue weighted by Crippen LogP contribution is 2.21. The molecule has 2 aromatic rings. The van der Waals surface area contributed by atoms with Crippen LogP contribution in [0.1, 0.15) is 89.5 Å². The molecule has 4 nitrogen and oxygen atoms in total. The van der Waals surface area contributed by atoms with E-state index < -0.39 is 0 Å². The molecule has 0 atom stereocenters. The maximum absolute atomic E-state index is 12.1. The summed E-state index contributed by atoms with van der Waals surface area (Å²) in [6, 6.07) is 12.3. The van der Waals surface area contributed by atoms with Gasteiger partial charge in [0.1, 0.15) is 5.75 Å². The predicted molar refractivity (Wildman–Crippen MR) is 141 cm³/mol. The highest BCUT2D eigenvalue weighted by Gasteiger charge is 2.06. The number of hydrogen-bond donors (Lipinski definition) is 0. The topological polar surface area (TPSA) is 48.4 Å². The van der Waals surface area contributed by atoms with Gasteiger partial charge in [-0.15, -0.1) is 6.58 Å². The van der Waals surface area contributed by atoms with Crippen molar-refractivity contribution in [3.05, 3.63) is 60.8 Å². The van der Waals surface area contributed by atoms with E-state index in [9.17, 15) is 4.79 Å². The lowest BCUT2D eigenvalue weighted by atomic mass is 10.0. The van der Waals surface area contributed by atoms with Gasteiger partial charge >= 0.3 is 5.97 Å². The summed E-state index contributed by atoms with van der Waals surface area (Å²) in [6.07, 6.45) is 17.7. The molecule has 1 aromatic carbocycles. The van der Waals surface area contributed by atoms with Gasteiger partial charge in [-0.2, -0.15) is 0 Å². The molecule has 186 valence electrons. The van der Waals surface area contributed by atoms with Crippen LogP contribution in [0.4, 0.5) is 0 Å². The molecule has 1 aromatic heterocycles. The summed E-state index contributed by atoms with van der Waals surface area (Å²) in [5.74, 6) is 0.334. The molecular formula is C30H43NO3. The summed E-state index contributed by atoms with van der Waals surface area (Å²) in [7, 11) is 0. The van der Waals surface area contributed by atoms with E-state index >= 15 is 0 Å². The Bertz CT molecular complexity index is 799. The Morgan fingerprint density at radius 3 is 2.32 bits per heavy atom. The molecule has 0 spiro atoms. The maximum Gasteiger partial charge on any atom is 0.311 e. The molecule has 0 radical (unpaired) electrons. The summed E-state index contributed by atoms with van der Waals surface area (Å²) >= 11 is 0. The Morgan fingerprint density at radius 1 is 0.882 bits per heavy atom. The fraction of sp³-hybridized carbons (Fsp3) is 0.533. The lowest BCUT2D eigenvalue weighted by molar-refractivity contribution is -0.134. The third kappa shape index (κ3) is 12.1. The molecular weight excluding hydrogens is 422 g/mol. The Balaban J connectivity index is 1.64. The molecule has 4 heteroatoms. The fourth-order valence-corrected chi connectivity index (χ4v) is 3.86. The molecule has 0 N–H and O–H groups in total. The van der Waals surface area contributed by atoms with E-state index in [1.165, 1.54) is 44.1 Å². The molecule has 0 aliphatic carbocycles. The number of unbranched alkanes of at least 4 members (excludes halogenated alkanes) is 8. The van der Waals surface area contributed by atoms with Gasteiger partial charge in [-0.3, -0.25) is 9.78 Å². The number of hydrogen-bond acceptors (Lipinski definition) is 4. The normalized spacial score (nSPS) is 10.9. The number of aromatic nitrogens is 1. The Hall–Kier alpha value is -2.46. The molecule has 0 fully saturated rings. The second-order valence-electron chi connectivity index (χ2n) is 8.92. The molecule has 1 heterocycles. The van der Waals surface area contributed by atoms with Crippen LogP contribution in [-0.2, 0) is 16.0 Å². The molecule has 0 bridgehead atoms. The zero-order chi connectivity index (χ0) is 24.3. The summed E-state index contributed by atoms with van der Waals surface area (Å²) < 4.78 is 11.0. The minimum absolute atomic E-state index is 0.178. The van der Waals surface area contributed by atoms with Crippen molar-refractivity contribution in [2.24, 2.45) is 0 Å². The number of carbonyl (C=O) groups is 1. The van der Waals surface area contributed by atoms with Gasteiger partial charge in [-0.05, 0) is 62.6 Å². The van der Waals surface area contributed by atoms with Crippen LogP contribution in [0.15, 0.2) is 55.3 Å². The predicted octanol–water partition coefficient (Wildman–Crippen LogP) is 8.10. The molecule has 0 saturated carbocycles. The number of allylic oxidation sites excluding steroid dienone is 1. The molecule has 34 heavy (non-hydrogen) atoms. The smallest absolute Gasteiger partial charge is 0.311 e. The average Bonchev–Trinajstić information content (AvgIpc) is 2.86. The van der Waals surface area contributed by atoms with Gasteiger partial charge in [0.05, 0.1) is 11.9 Å². The van der Waals surface area contributed by atoms with Crippen LogP contribution in [0.3, 0.4) is 0 Å². The first-order valence-corrected chi connectivity index (χ1v) is 13.2. The average molecular weight is 466 g/mol. The third-order valence-electron chi connectivity index (χ3n) is 5.86. The first-order valence-electron chi connectivity index (χ1n) is 13.2. The Kier molecular flexibility index (Phi) is 14.7. The lowest BCUT2D eigenvalue weighted by Crippen LogP contribution is -2.07. The van der Waals surface area contributed by atoms with Crippen LogP contribution in [-0.4, -0.2) is 24.2 Å². The van der Waals surface area contributed by atoms with Crippen molar-refractivity contribution < 1.29 is 14.3 Å². The number of rotatable bonds is 19. The van der Waals surface area contributed by atoms with Crippen LogP contribution in [0, 0.1) is 0 Å². The number of carbonyl (C=O) groups excluding carboxylic acids is 1. The van der Waals surface area contributed by atoms with Gasteiger partial charge in [0.15, 0.2) is 0 Å². The number of pyridine rings is 1. The summed E-state index contributed by atoms with van der Waals surface area (Å²) in [5.41, 5.74) is 3.30. The largest absolute Gasteiger partial charge is 0.425 e. The number of aryl methyl sites for hydroxylation is 1. The minimum Gasteiger partial charge on any atom is -0.425 e. The molecule has 2 rings (SSSR count). The van der Waals surface area contributed by atoms with Crippen molar-refractivity contribution in [1.29, 1.82) is 0 Å². The highest BCUT2D eigenvalue weighted by molar-refractivity contribution is 5.72. The molecule has 0 aliphatic heterocycles. The van der Waals surface area contributed by atoms with Crippen LogP contribution in [0.25, 0.3) is 11.3 Å². The van der Waals surface area contributed by atoms with E-state index in [1.807, 2.05) is 18.2 Å². The molecule has 0 aliphatic rings. The van der Waals surface area contributed by atoms with E-state index in [4.69, 9.17) is 9.47 Å². The quantitative estimate of drug-likeness (QED) is 0.119. The van der Waals surface area contributed by atoms with Crippen LogP contribution in [0.2, 0.25) is 0 Å². The summed E-state index contributed by atoms with van der Waals surface area (Å²) in [6.45, 7) is 7.63. The first kappa shape index (κ1) is 27.8. The Labute approximate surface area is 206 Å². The number of ether oxygens (including phenoxy) is 2. The van der Waals surface area contributed by atoms with E-state index in [0.29, 0.717) is 12.2 Å².